The molecule has 2 N–H and O–H groups in total. The third-order valence-corrected chi connectivity index (χ3v) is 3.45. The van der Waals surface area contributed by atoms with Gasteiger partial charge < -0.3 is 10.4 Å². The first-order valence-electron chi connectivity index (χ1n) is 4.98. The Morgan fingerprint density at radius 2 is 2.12 bits per heavy atom. The first-order chi connectivity index (χ1) is 7.99. The van der Waals surface area contributed by atoms with Crippen molar-refractivity contribution >= 4 is 45.1 Å². The van der Waals surface area contributed by atoms with E-state index in [1.54, 1.807) is 18.2 Å². The van der Waals surface area contributed by atoms with Crippen LogP contribution in [0, 0.1) is 11.8 Å². The molecule has 1 aliphatic rings. The van der Waals surface area contributed by atoms with Crippen molar-refractivity contribution in [2.45, 2.75) is 6.42 Å². The van der Waals surface area contributed by atoms with Gasteiger partial charge in [0, 0.05) is 4.47 Å². The van der Waals surface area contributed by atoms with E-state index in [9.17, 15) is 9.59 Å². The van der Waals surface area contributed by atoms with E-state index in [0.29, 0.717) is 17.1 Å². The maximum Gasteiger partial charge on any atom is 0.307 e. The number of carbonyl (C=O) groups excluding carboxylic acids is 1. The van der Waals surface area contributed by atoms with Gasteiger partial charge in [-0.2, -0.15) is 0 Å². The molecule has 90 valence electrons. The van der Waals surface area contributed by atoms with E-state index in [1.807, 2.05) is 0 Å². The highest BCUT2D eigenvalue weighted by Gasteiger charge is 2.48. The fraction of sp³-hybridized carbons (Fsp3) is 0.273. The number of amides is 1. The Bertz CT molecular complexity index is 492. The summed E-state index contributed by atoms with van der Waals surface area (Å²) in [5, 5.41) is 11.8. The van der Waals surface area contributed by atoms with Crippen LogP contribution in [0.4, 0.5) is 5.69 Å². The van der Waals surface area contributed by atoms with E-state index in [4.69, 9.17) is 16.7 Å². The number of hydrogen-bond donors (Lipinski definition) is 2. The number of anilines is 1. The molecule has 0 aromatic heterocycles. The Kier molecular flexibility index (Phi) is 3.40. The van der Waals surface area contributed by atoms with E-state index in [1.165, 1.54) is 0 Å². The lowest BCUT2D eigenvalue weighted by Gasteiger charge is -2.07. The first kappa shape index (κ1) is 12.4. The van der Waals surface area contributed by atoms with Crippen molar-refractivity contribution in [3.63, 3.8) is 0 Å². The summed E-state index contributed by atoms with van der Waals surface area (Å²) < 4.78 is 0.794. The lowest BCUT2D eigenvalue weighted by molar-refractivity contribution is -0.139. The third kappa shape index (κ3) is 2.79. The lowest BCUT2D eigenvalue weighted by atomic mass is 10.2. The molecule has 0 radical (unpaired) electrons. The minimum absolute atomic E-state index is 0.294. The van der Waals surface area contributed by atoms with Gasteiger partial charge in [-0.25, -0.2) is 0 Å². The Balaban J connectivity index is 2.04. The molecule has 2 rings (SSSR count). The van der Waals surface area contributed by atoms with Crippen LogP contribution >= 0.6 is 27.5 Å². The number of hydrogen-bond acceptors (Lipinski definition) is 2. The van der Waals surface area contributed by atoms with Gasteiger partial charge in [0.25, 0.3) is 0 Å². The number of halogens is 2. The number of carboxylic acids is 1. The molecule has 1 aromatic carbocycles. The number of nitrogens with one attached hydrogen (secondary N) is 1. The summed E-state index contributed by atoms with van der Waals surface area (Å²) in [5.41, 5.74) is 0.488. The van der Waals surface area contributed by atoms with Gasteiger partial charge >= 0.3 is 5.97 Å². The Morgan fingerprint density at radius 1 is 1.41 bits per heavy atom. The van der Waals surface area contributed by atoms with Crippen molar-refractivity contribution in [2.75, 3.05) is 5.32 Å². The van der Waals surface area contributed by atoms with E-state index in [-0.39, 0.29) is 5.91 Å². The van der Waals surface area contributed by atoms with Crippen LogP contribution in [0.25, 0.3) is 0 Å². The molecule has 0 unspecified atom stereocenters. The summed E-state index contributed by atoms with van der Waals surface area (Å²) in [6, 6.07) is 5.09. The van der Waals surface area contributed by atoms with Gasteiger partial charge in [0.2, 0.25) is 5.91 Å². The van der Waals surface area contributed by atoms with E-state index in [2.05, 4.69) is 21.2 Å². The highest BCUT2D eigenvalue weighted by Crippen LogP contribution is 2.40. The molecule has 4 nitrogen and oxygen atoms in total. The maximum absolute atomic E-state index is 11.7. The molecule has 1 aliphatic carbocycles. The predicted molar refractivity (Wildman–Crippen MR) is 67.0 cm³/mol. The smallest absolute Gasteiger partial charge is 0.307 e. The Labute approximate surface area is 111 Å². The number of carbonyl (C=O) groups is 2. The van der Waals surface area contributed by atoms with Crippen molar-refractivity contribution < 1.29 is 14.7 Å². The van der Waals surface area contributed by atoms with Gasteiger partial charge in [-0.15, -0.1) is 0 Å². The highest BCUT2D eigenvalue weighted by molar-refractivity contribution is 9.10. The van der Waals surface area contributed by atoms with Gasteiger partial charge in [-0.1, -0.05) is 27.5 Å². The summed E-state index contributed by atoms with van der Waals surface area (Å²) >= 11 is 9.18. The van der Waals surface area contributed by atoms with Crippen molar-refractivity contribution in [3.8, 4) is 0 Å². The molecule has 0 saturated heterocycles. The summed E-state index contributed by atoms with van der Waals surface area (Å²) in [4.78, 5) is 22.3. The van der Waals surface area contributed by atoms with Gasteiger partial charge in [0.1, 0.15) is 0 Å². The van der Waals surface area contributed by atoms with Crippen LogP contribution < -0.4 is 5.32 Å². The van der Waals surface area contributed by atoms with Gasteiger partial charge in [0.15, 0.2) is 0 Å². The number of benzene rings is 1. The molecule has 2 atom stereocenters. The molecule has 1 fully saturated rings. The molecular weight excluding hydrogens is 309 g/mol. The van der Waals surface area contributed by atoms with Crippen molar-refractivity contribution in [1.82, 2.24) is 0 Å². The fourth-order valence-corrected chi connectivity index (χ4v) is 2.10. The third-order valence-electron chi connectivity index (χ3n) is 2.63. The average Bonchev–Trinajstić information content (AvgIpc) is 3.03. The molecule has 17 heavy (non-hydrogen) atoms. The van der Waals surface area contributed by atoms with Crippen LogP contribution in [-0.4, -0.2) is 17.0 Å². The Hall–Kier alpha value is -1.07. The fourth-order valence-electron chi connectivity index (χ4n) is 1.58. The molecular formula is C11H9BrClNO3. The number of carboxylic acid groups (broad SMARTS) is 1. The van der Waals surface area contributed by atoms with E-state index >= 15 is 0 Å². The second-order valence-corrected chi connectivity index (χ2v) is 5.22. The standard InChI is InChI=1S/C11H9BrClNO3/c12-5-1-2-8(13)9(3-5)14-10(15)6-4-7(6)11(16)17/h1-3,6-7H,4H2,(H,14,15)(H,16,17)/t6-,7+/m1/s1. The summed E-state index contributed by atoms with van der Waals surface area (Å²) in [6.07, 6.45) is 0.396. The zero-order valence-electron chi connectivity index (χ0n) is 8.61. The minimum atomic E-state index is -0.925. The van der Waals surface area contributed by atoms with E-state index in [0.717, 1.165) is 4.47 Å². The normalized spacial score (nSPS) is 22.0. The van der Waals surface area contributed by atoms with E-state index < -0.39 is 17.8 Å². The van der Waals surface area contributed by atoms with Gasteiger partial charge in [-0.3, -0.25) is 9.59 Å². The molecule has 0 spiro atoms. The molecule has 0 bridgehead atoms. The molecule has 1 amide bonds. The van der Waals surface area contributed by atoms with Crippen LogP contribution in [0.3, 0.4) is 0 Å². The molecule has 1 saturated carbocycles. The maximum atomic E-state index is 11.7. The molecule has 0 heterocycles. The van der Waals surface area contributed by atoms with Crippen LogP contribution in [-0.2, 0) is 9.59 Å². The number of rotatable bonds is 3. The monoisotopic (exact) mass is 317 g/mol. The molecule has 1 aromatic rings. The van der Waals surface area contributed by atoms with Crippen molar-refractivity contribution in [3.05, 3.63) is 27.7 Å². The predicted octanol–water partition coefficient (Wildman–Crippen LogP) is 2.76. The first-order valence-corrected chi connectivity index (χ1v) is 6.15. The molecule has 6 heteroatoms. The SMILES string of the molecule is O=C(O)[C@H]1C[C@H]1C(=O)Nc1cc(Br)ccc1Cl. The molecule has 0 aliphatic heterocycles. The second kappa shape index (κ2) is 4.66. The van der Waals surface area contributed by atoms with Crippen molar-refractivity contribution in [2.24, 2.45) is 11.8 Å². The minimum Gasteiger partial charge on any atom is -0.481 e. The summed E-state index contributed by atoms with van der Waals surface area (Å²) in [7, 11) is 0. The van der Waals surface area contributed by atoms with Gasteiger partial charge in [0.05, 0.1) is 22.5 Å². The van der Waals surface area contributed by atoms with Crippen LogP contribution in [0.15, 0.2) is 22.7 Å². The van der Waals surface area contributed by atoms with Crippen LogP contribution in [0.2, 0.25) is 5.02 Å². The van der Waals surface area contributed by atoms with Crippen LogP contribution in [0.5, 0.6) is 0 Å². The Morgan fingerprint density at radius 3 is 2.71 bits per heavy atom. The average molecular weight is 319 g/mol. The summed E-state index contributed by atoms with van der Waals surface area (Å²) in [6.45, 7) is 0. The number of aliphatic carboxylic acids is 1. The lowest BCUT2D eigenvalue weighted by Crippen LogP contribution is -2.17. The van der Waals surface area contributed by atoms with Crippen molar-refractivity contribution in [1.29, 1.82) is 0 Å². The highest BCUT2D eigenvalue weighted by atomic mass is 79.9. The zero-order chi connectivity index (χ0) is 12.6. The topological polar surface area (TPSA) is 66.4 Å². The van der Waals surface area contributed by atoms with Gasteiger partial charge in [-0.05, 0) is 24.6 Å². The summed E-state index contributed by atoms with van der Waals surface area (Å²) in [5.74, 6) is -2.22. The van der Waals surface area contributed by atoms with Crippen LogP contribution in [0.1, 0.15) is 6.42 Å². The quantitative estimate of drug-likeness (QED) is 0.900. The zero-order valence-corrected chi connectivity index (χ0v) is 11.0. The second-order valence-electron chi connectivity index (χ2n) is 3.90. The largest absolute Gasteiger partial charge is 0.481 e.